The predicted molar refractivity (Wildman–Crippen MR) is 92.4 cm³/mol. The molecule has 1 aromatic carbocycles. The van der Waals surface area contributed by atoms with Crippen LogP contribution in [-0.2, 0) is 11.2 Å². The van der Waals surface area contributed by atoms with Crippen molar-refractivity contribution < 1.29 is 9.53 Å². The maximum atomic E-state index is 13.0. The lowest BCUT2D eigenvalue weighted by Crippen LogP contribution is -2.48. The Bertz CT molecular complexity index is 574. The highest BCUT2D eigenvalue weighted by Crippen LogP contribution is 2.35. The maximum Gasteiger partial charge on any atom is 0.264 e. The fraction of sp³-hybridized carbons (Fsp3) is 0.611. The van der Waals surface area contributed by atoms with Gasteiger partial charge in [-0.1, -0.05) is 6.07 Å². The third-order valence-corrected chi connectivity index (χ3v) is 5.54. The molecule has 0 aliphatic carbocycles. The van der Waals surface area contributed by atoms with Crippen LogP contribution in [0.4, 0.5) is 0 Å². The fourth-order valence-electron chi connectivity index (χ4n) is 4.16. The topological polar surface area (TPSA) is 41.6 Å². The molecule has 23 heavy (non-hydrogen) atoms. The predicted octanol–water partition coefficient (Wildman–Crippen LogP) is 2.38. The molecule has 0 spiro atoms. The minimum atomic E-state index is -0.322. The summed E-state index contributed by atoms with van der Waals surface area (Å²) >= 11 is 0. The average Bonchev–Trinajstić information content (AvgIpc) is 2.98. The molecule has 4 nitrogen and oxygen atoms in total. The van der Waals surface area contributed by atoms with Crippen molar-refractivity contribution in [2.24, 2.45) is 0 Å². The van der Waals surface area contributed by atoms with Crippen molar-refractivity contribution in [3.8, 4) is 5.75 Å². The van der Waals surface area contributed by atoms with E-state index in [1.165, 1.54) is 16.7 Å². The van der Waals surface area contributed by atoms with E-state index < -0.39 is 0 Å². The highest BCUT2D eigenvalue weighted by atomic mass is 35.5. The molecule has 1 amide bonds. The molecule has 1 N–H and O–H groups in total. The molecule has 3 unspecified atom stereocenters. The second kappa shape index (κ2) is 6.33. The summed E-state index contributed by atoms with van der Waals surface area (Å²) in [6.07, 6.45) is 3.74. The van der Waals surface area contributed by atoms with Crippen molar-refractivity contribution in [1.82, 2.24) is 10.2 Å². The van der Waals surface area contributed by atoms with E-state index in [2.05, 4.69) is 36.2 Å². The summed E-state index contributed by atoms with van der Waals surface area (Å²) < 4.78 is 6.01. The number of carbonyl (C=O) groups excluding carboxylic acids is 1. The lowest BCUT2D eigenvalue weighted by atomic mass is 10.0. The summed E-state index contributed by atoms with van der Waals surface area (Å²) in [5.74, 6) is 1.10. The summed E-state index contributed by atoms with van der Waals surface area (Å²) in [5.41, 5.74) is 3.68. The molecular formula is C18H25ClN2O2. The van der Waals surface area contributed by atoms with Gasteiger partial charge in [-0.2, -0.15) is 0 Å². The Morgan fingerprint density at radius 3 is 2.74 bits per heavy atom. The zero-order chi connectivity index (χ0) is 15.3. The highest BCUT2D eigenvalue weighted by Gasteiger charge is 2.42. The van der Waals surface area contributed by atoms with E-state index in [1.54, 1.807) is 0 Å². The van der Waals surface area contributed by atoms with Crippen LogP contribution in [0.15, 0.2) is 12.1 Å². The lowest BCUT2D eigenvalue weighted by molar-refractivity contribution is -0.140. The lowest BCUT2D eigenvalue weighted by Gasteiger charge is -2.30. The number of benzene rings is 1. The number of nitrogens with zero attached hydrogens (tertiary/aromatic N) is 1. The molecule has 3 aliphatic heterocycles. The van der Waals surface area contributed by atoms with E-state index in [9.17, 15) is 4.79 Å². The first-order chi connectivity index (χ1) is 10.6. The first-order valence-corrected chi connectivity index (χ1v) is 8.43. The van der Waals surface area contributed by atoms with Crippen LogP contribution in [0.2, 0.25) is 0 Å². The molecule has 4 rings (SSSR count). The van der Waals surface area contributed by atoms with Crippen LogP contribution >= 0.6 is 12.4 Å². The molecule has 3 heterocycles. The number of hydrogen-bond acceptors (Lipinski definition) is 3. The number of nitrogens with one attached hydrogen (secondary N) is 1. The number of halogens is 1. The molecule has 0 saturated carbocycles. The first kappa shape index (κ1) is 16.6. The van der Waals surface area contributed by atoms with Crippen LogP contribution in [0.5, 0.6) is 5.75 Å². The third kappa shape index (κ3) is 2.83. The van der Waals surface area contributed by atoms with Crippen molar-refractivity contribution in [2.75, 3.05) is 13.1 Å². The van der Waals surface area contributed by atoms with Crippen LogP contribution in [-0.4, -0.2) is 42.1 Å². The Hall–Kier alpha value is -1.26. The molecular weight excluding hydrogens is 312 g/mol. The van der Waals surface area contributed by atoms with Crippen molar-refractivity contribution in [3.05, 3.63) is 28.8 Å². The van der Waals surface area contributed by atoms with E-state index in [4.69, 9.17) is 4.74 Å². The van der Waals surface area contributed by atoms with Gasteiger partial charge in [0.05, 0.1) is 0 Å². The zero-order valence-corrected chi connectivity index (χ0v) is 14.6. The highest BCUT2D eigenvalue weighted by molar-refractivity contribution is 5.85. The molecule has 2 fully saturated rings. The molecule has 5 heteroatoms. The van der Waals surface area contributed by atoms with E-state index in [1.807, 2.05) is 0 Å². The number of ether oxygens (including phenoxy) is 1. The number of carbonyl (C=O) groups is 1. The summed E-state index contributed by atoms with van der Waals surface area (Å²) in [7, 11) is 0. The van der Waals surface area contributed by atoms with Gasteiger partial charge in [-0.3, -0.25) is 4.79 Å². The largest absolute Gasteiger partial charge is 0.480 e. The van der Waals surface area contributed by atoms with Crippen LogP contribution in [0.3, 0.4) is 0 Å². The van der Waals surface area contributed by atoms with E-state index in [0.29, 0.717) is 12.1 Å². The molecule has 0 aromatic heterocycles. The van der Waals surface area contributed by atoms with Crippen molar-refractivity contribution in [2.45, 2.75) is 57.7 Å². The molecule has 2 bridgehead atoms. The Balaban J connectivity index is 0.00000156. The second-order valence-electron chi connectivity index (χ2n) is 6.98. The number of amides is 1. The average molecular weight is 337 g/mol. The Labute approximate surface area is 144 Å². The van der Waals surface area contributed by atoms with E-state index >= 15 is 0 Å². The zero-order valence-electron chi connectivity index (χ0n) is 13.8. The smallest absolute Gasteiger partial charge is 0.264 e. The van der Waals surface area contributed by atoms with Crippen LogP contribution in [0.1, 0.15) is 36.0 Å². The van der Waals surface area contributed by atoms with Gasteiger partial charge >= 0.3 is 0 Å². The van der Waals surface area contributed by atoms with Gasteiger partial charge in [0.15, 0.2) is 6.10 Å². The van der Waals surface area contributed by atoms with Gasteiger partial charge < -0.3 is 15.0 Å². The summed E-state index contributed by atoms with van der Waals surface area (Å²) in [6, 6.07) is 5.02. The summed E-state index contributed by atoms with van der Waals surface area (Å²) in [4.78, 5) is 15.2. The van der Waals surface area contributed by atoms with Crippen molar-refractivity contribution in [3.63, 3.8) is 0 Å². The quantitative estimate of drug-likeness (QED) is 0.856. The molecule has 1 aromatic rings. The monoisotopic (exact) mass is 336 g/mol. The minimum absolute atomic E-state index is 0. The van der Waals surface area contributed by atoms with Gasteiger partial charge in [-0.15, -0.1) is 12.4 Å². The van der Waals surface area contributed by atoms with Crippen LogP contribution < -0.4 is 10.1 Å². The second-order valence-corrected chi connectivity index (χ2v) is 6.98. The normalized spacial score (nSPS) is 28.6. The molecule has 3 aliphatic rings. The van der Waals surface area contributed by atoms with Gasteiger partial charge in [0, 0.05) is 25.0 Å². The van der Waals surface area contributed by atoms with Gasteiger partial charge in [-0.05, 0) is 62.4 Å². The first-order valence-electron chi connectivity index (χ1n) is 8.43. The molecule has 2 saturated heterocycles. The maximum absolute atomic E-state index is 13.0. The molecule has 3 atom stereocenters. The number of aryl methyl sites for hydroxylation is 2. The SMILES string of the molecule is Cc1cc2c(cc1C)OC(C(=O)N1C3CCNCC1CC3)C2.Cl. The van der Waals surface area contributed by atoms with Gasteiger partial charge in [0.1, 0.15) is 5.75 Å². The number of fused-ring (bicyclic) bond motifs is 3. The standard InChI is InChI=1S/C18H24N2O2.ClH/c1-11-7-13-9-17(22-16(13)8-12(11)2)18(21)20-14-3-4-15(20)10-19-6-5-14;/h7-8,14-15,17,19H,3-6,9-10H2,1-2H3;1H. The van der Waals surface area contributed by atoms with Crippen molar-refractivity contribution in [1.29, 1.82) is 0 Å². The minimum Gasteiger partial charge on any atom is -0.480 e. The van der Waals surface area contributed by atoms with Crippen LogP contribution in [0, 0.1) is 13.8 Å². The molecule has 0 radical (unpaired) electrons. The summed E-state index contributed by atoms with van der Waals surface area (Å²) in [5, 5.41) is 3.45. The van der Waals surface area contributed by atoms with E-state index in [-0.39, 0.29) is 24.4 Å². The van der Waals surface area contributed by atoms with Gasteiger partial charge in [0.25, 0.3) is 5.91 Å². The fourth-order valence-corrected chi connectivity index (χ4v) is 4.16. The van der Waals surface area contributed by atoms with Crippen LogP contribution in [0.25, 0.3) is 0 Å². The molecule has 126 valence electrons. The van der Waals surface area contributed by atoms with Gasteiger partial charge in [0.2, 0.25) is 0 Å². The van der Waals surface area contributed by atoms with Gasteiger partial charge in [-0.25, -0.2) is 0 Å². The Morgan fingerprint density at radius 2 is 1.91 bits per heavy atom. The Kier molecular flexibility index (Phi) is 4.56. The van der Waals surface area contributed by atoms with E-state index in [0.717, 1.165) is 44.5 Å². The number of rotatable bonds is 1. The number of hydrogen-bond donors (Lipinski definition) is 1. The summed E-state index contributed by atoms with van der Waals surface area (Å²) in [6.45, 7) is 6.16. The van der Waals surface area contributed by atoms with Crippen molar-refractivity contribution >= 4 is 18.3 Å². The Morgan fingerprint density at radius 1 is 1.17 bits per heavy atom. The third-order valence-electron chi connectivity index (χ3n) is 5.54.